The van der Waals surface area contributed by atoms with Crippen LogP contribution in [0.3, 0.4) is 0 Å². The molecule has 0 aliphatic carbocycles. The van der Waals surface area contributed by atoms with Crippen LogP contribution in [0.25, 0.3) is 0 Å². The van der Waals surface area contributed by atoms with Crippen LogP contribution in [0.5, 0.6) is 0 Å². The molecule has 0 heterocycles. The summed E-state index contributed by atoms with van der Waals surface area (Å²) in [6, 6.07) is 24.3. The van der Waals surface area contributed by atoms with Crippen LogP contribution in [0.15, 0.2) is 84.9 Å². The molecule has 23 heavy (non-hydrogen) atoms. The first kappa shape index (κ1) is 15.7. The molecule has 0 aromatic heterocycles. The molecule has 3 rings (SSSR count). The molecule has 0 saturated carbocycles. The lowest BCUT2D eigenvalue weighted by Crippen LogP contribution is -2.22. The summed E-state index contributed by atoms with van der Waals surface area (Å²) in [5, 5.41) is 1.60. The third-order valence-corrected chi connectivity index (χ3v) is 6.75. The summed E-state index contributed by atoms with van der Waals surface area (Å²) >= 11 is 5.88. The van der Waals surface area contributed by atoms with Crippen molar-refractivity contribution in [3.05, 3.63) is 95.5 Å². The van der Waals surface area contributed by atoms with Gasteiger partial charge in [-0.25, -0.2) is 0 Å². The van der Waals surface area contributed by atoms with E-state index in [1.54, 1.807) is 72.8 Å². The van der Waals surface area contributed by atoms with E-state index in [4.69, 9.17) is 11.6 Å². The largest absolute Gasteiger partial charge is 0.305 e. The van der Waals surface area contributed by atoms with E-state index in [2.05, 4.69) is 0 Å². The lowest BCUT2D eigenvalue weighted by molar-refractivity contribution is 0.107. The van der Waals surface area contributed by atoms with E-state index in [0.717, 1.165) is 0 Å². The summed E-state index contributed by atoms with van der Waals surface area (Å²) in [5.74, 6) is 0. The van der Waals surface area contributed by atoms with Crippen LogP contribution in [-0.2, 0) is 4.57 Å². The quantitative estimate of drug-likeness (QED) is 0.656. The molecule has 0 aliphatic heterocycles. The summed E-state index contributed by atoms with van der Waals surface area (Å²) in [7, 11) is -3.43. The summed E-state index contributed by atoms with van der Waals surface area (Å²) in [6.45, 7) is 0. The first-order valence-corrected chi connectivity index (χ1v) is 9.22. The second-order valence-corrected chi connectivity index (χ2v) is 8.19. The number of rotatable bonds is 4. The summed E-state index contributed by atoms with van der Waals surface area (Å²) in [5.41, 5.74) is 0.0111. The van der Waals surface area contributed by atoms with Gasteiger partial charge in [-0.05, 0) is 24.3 Å². The predicted molar refractivity (Wildman–Crippen MR) is 95.5 cm³/mol. The van der Waals surface area contributed by atoms with Crippen LogP contribution < -0.4 is 10.6 Å². The van der Waals surface area contributed by atoms with E-state index in [1.807, 2.05) is 12.1 Å². The fourth-order valence-electron chi connectivity index (χ4n) is 2.43. The first-order valence-electron chi connectivity index (χ1n) is 7.14. The van der Waals surface area contributed by atoms with Crippen molar-refractivity contribution < 1.29 is 9.36 Å². The Morgan fingerprint density at radius 3 is 1.57 bits per heavy atom. The van der Waals surface area contributed by atoms with Crippen molar-refractivity contribution in [2.24, 2.45) is 0 Å². The number of hydrogen-bond acceptors (Lipinski definition) is 2. The van der Waals surface area contributed by atoms with Crippen LogP contribution in [-0.4, -0.2) is 5.52 Å². The SMILES string of the molecule is O=C(c1ccc(Cl)cc1)P(=O)(c1ccccc1)c1ccccc1. The molecule has 0 amide bonds. The highest BCUT2D eigenvalue weighted by Crippen LogP contribution is 2.46. The Morgan fingerprint density at radius 2 is 1.13 bits per heavy atom. The maximum Gasteiger partial charge on any atom is 0.230 e. The Labute approximate surface area is 140 Å². The highest BCUT2D eigenvalue weighted by atomic mass is 35.5. The van der Waals surface area contributed by atoms with Gasteiger partial charge in [-0.2, -0.15) is 0 Å². The molecule has 114 valence electrons. The second kappa shape index (κ2) is 6.54. The van der Waals surface area contributed by atoms with Crippen molar-refractivity contribution in [2.75, 3.05) is 0 Å². The number of benzene rings is 3. The van der Waals surface area contributed by atoms with E-state index in [9.17, 15) is 9.36 Å². The van der Waals surface area contributed by atoms with Crippen LogP contribution in [0.2, 0.25) is 5.02 Å². The summed E-state index contributed by atoms with van der Waals surface area (Å²) in [4.78, 5) is 13.1. The van der Waals surface area contributed by atoms with Gasteiger partial charge in [-0.1, -0.05) is 72.3 Å². The molecular weight excluding hydrogens is 327 g/mol. The first-order chi connectivity index (χ1) is 11.1. The maximum atomic E-state index is 13.8. The Morgan fingerprint density at radius 1 is 0.696 bits per heavy atom. The smallest absolute Gasteiger partial charge is 0.230 e. The van der Waals surface area contributed by atoms with E-state index >= 15 is 0 Å². The van der Waals surface area contributed by atoms with Gasteiger partial charge in [0.1, 0.15) is 0 Å². The fourth-order valence-corrected chi connectivity index (χ4v) is 5.02. The van der Waals surface area contributed by atoms with Gasteiger partial charge in [-0.15, -0.1) is 0 Å². The monoisotopic (exact) mass is 340 g/mol. The number of carbonyl (C=O) groups excluding carboxylic acids is 1. The third kappa shape index (κ3) is 3.01. The van der Waals surface area contributed by atoms with Crippen molar-refractivity contribution >= 4 is 34.9 Å². The second-order valence-electron chi connectivity index (χ2n) is 5.09. The molecule has 3 aromatic carbocycles. The standard InChI is InChI=1S/C19H14ClO2P/c20-16-13-11-15(12-14-16)19(21)23(22,17-7-3-1-4-8-17)18-9-5-2-6-10-18/h1-14H. The van der Waals surface area contributed by atoms with Gasteiger partial charge in [0.05, 0.1) is 0 Å². The number of carbonyl (C=O) groups is 1. The minimum Gasteiger partial charge on any atom is -0.305 e. The lowest BCUT2D eigenvalue weighted by Gasteiger charge is -2.18. The van der Waals surface area contributed by atoms with Crippen molar-refractivity contribution in [2.45, 2.75) is 0 Å². The zero-order valence-corrected chi connectivity index (χ0v) is 13.9. The molecule has 0 saturated heterocycles. The minimum absolute atomic E-state index is 0.383. The Kier molecular flexibility index (Phi) is 4.47. The van der Waals surface area contributed by atoms with Crippen molar-refractivity contribution in [3.63, 3.8) is 0 Å². The van der Waals surface area contributed by atoms with E-state index in [1.165, 1.54) is 0 Å². The molecule has 0 radical (unpaired) electrons. The third-order valence-electron chi connectivity index (χ3n) is 3.62. The number of halogens is 1. The van der Waals surface area contributed by atoms with Crippen LogP contribution in [0.1, 0.15) is 10.4 Å². The van der Waals surface area contributed by atoms with Crippen molar-refractivity contribution in [1.82, 2.24) is 0 Å². The highest BCUT2D eigenvalue weighted by Gasteiger charge is 2.36. The Bertz CT molecular complexity index is 815. The zero-order valence-electron chi connectivity index (χ0n) is 12.2. The van der Waals surface area contributed by atoms with Gasteiger partial charge < -0.3 is 4.57 Å². The molecule has 0 spiro atoms. The summed E-state index contributed by atoms with van der Waals surface area (Å²) in [6.07, 6.45) is 0. The van der Waals surface area contributed by atoms with Gasteiger partial charge >= 0.3 is 0 Å². The van der Waals surface area contributed by atoms with E-state index < -0.39 is 7.14 Å². The topological polar surface area (TPSA) is 34.1 Å². The maximum absolute atomic E-state index is 13.8. The van der Waals surface area contributed by atoms with Crippen LogP contribution >= 0.6 is 18.7 Å². The van der Waals surface area contributed by atoms with Crippen LogP contribution in [0.4, 0.5) is 0 Å². The van der Waals surface area contributed by atoms with E-state index in [-0.39, 0.29) is 5.52 Å². The van der Waals surface area contributed by atoms with Crippen molar-refractivity contribution in [1.29, 1.82) is 0 Å². The average molecular weight is 341 g/mol. The highest BCUT2D eigenvalue weighted by molar-refractivity contribution is 7.93. The normalized spacial score (nSPS) is 11.2. The van der Waals surface area contributed by atoms with E-state index in [0.29, 0.717) is 21.2 Å². The number of hydrogen-bond donors (Lipinski definition) is 0. The zero-order chi connectivity index (χ0) is 16.3. The van der Waals surface area contributed by atoms with Gasteiger partial charge in [0.2, 0.25) is 12.7 Å². The summed E-state index contributed by atoms with van der Waals surface area (Å²) < 4.78 is 13.8. The molecule has 0 aliphatic rings. The minimum atomic E-state index is -3.43. The van der Waals surface area contributed by atoms with Crippen LogP contribution in [0, 0.1) is 0 Å². The molecule has 0 atom stereocenters. The molecule has 0 fully saturated rings. The molecular formula is C19H14ClO2P. The lowest BCUT2D eigenvalue weighted by atomic mass is 10.2. The average Bonchev–Trinajstić information content (AvgIpc) is 2.62. The van der Waals surface area contributed by atoms with Gasteiger partial charge in [0.15, 0.2) is 0 Å². The fraction of sp³-hybridized carbons (Fsp3) is 0. The van der Waals surface area contributed by atoms with Gasteiger partial charge in [0.25, 0.3) is 0 Å². The molecule has 0 unspecified atom stereocenters. The molecule has 0 N–H and O–H groups in total. The van der Waals surface area contributed by atoms with Gasteiger partial charge in [0, 0.05) is 21.2 Å². The molecule has 0 bridgehead atoms. The van der Waals surface area contributed by atoms with Crippen molar-refractivity contribution in [3.8, 4) is 0 Å². The Balaban J connectivity index is 2.19. The molecule has 2 nitrogen and oxygen atoms in total. The predicted octanol–water partition coefficient (Wildman–Crippen LogP) is 4.49. The molecule has 4 heteroatoms. The molecule has 3 aromatic rings. The Hall–Kier alpha value is -2.15. The van der Waals surface area contributed by atoms with Gasteiger partial charge in [-0.3, -0.25) is 4.79 Å².